The molecule has 1 unspecified atom stereocenters. The van der Waals surface area contributed by atoms with Crippen LogP contribution in [0.5, 0.6) is 0 Å². The van der Waals surface area contributed by atoms with Crippen molar-refractivity contribution < 1.29 is 13.2 Å². The number of rotatable bonds is 10. The van der Waals surface area contributed by atoms with Crippen molar-refractivity contribution in [3.63, 3.8) is 0 Å². The van der Waals surface area contributed by atoms with Crippen molar-refractivity contribution in [3.8, 4) is 0 Å². The van der Waals surface area contributed by atoms with Crippen LogP contribution in [-0.2, 0) is 20.2 Å². The number of aliphatic imine (C=N–C) groups is 1. The number of sulfonamides is 1. The molecule has 1 aromatic rings. The highest BCUT2D eigenvalue weighted by atomic mass is 127. The van der Waals surface area contributed by atoms with E-state index in [1.807, 2.05) is 13.0 Å². The third kappa shape index (κ3) is 9.95. The molecule has 1 aliphatic rings. The molecule has 2 heterocycles. The molecule has 1 saturated heterocycles. The number of nitrogens with one attached hydrogen (secondary N) is 3. The number of thiophene rings is 1. The molecule has 0 aromatic carbocycles. The highest BCUT2D eigenvalue weighted by Crippen LogP contribution is 2.27. The Hall–Kier alpha value is -0.430. The summed E-state index contributed by atoms with van der Waals surface area (Å²) in [5.41, 5.74) is -0.0653. The Balaban J connectivity index is 0.00000420. The van der Waals surface area contributed by atoms with Crippen molar-refractivity contribution in [1.29, 1.82) is 0 Å². The van der Waals surface area contributed by atoms with Crippen LogP contribution in [0.15, 0.2) is 22.5 Å². The van der Waals surface area contributed by atoms with Gasteiger partial charge in [0.2, 0.25) is 10.0 Å². The SMILES string of the molecule is CCNC(=NCC(C)(C)c1cccs1)NCCS(=O)(=O)NCC1CCCCO1.I. The van der Waals surface area contributed by atoms with E-state index in [1.54, 1.807) is 11.3 Å². The summed E-state index contributed by atoms with van der Waals surface area (Å²) in [5.74, 6) is 0.635. The van der Waals surface area contributed by atoms with Crippen molar-refractivity contribution in [2.45, 2.75) is 51.6 Å². The van der Waals surface area contributed by atoms with E-state index in [1.165, 1.54) is 4.88 Å². The van der Waals surface area contributed by atoms with E-state index in [4.69, 9.17) is 4.74 Å². The number of hydrogen-bond donors (Lipinski definition) is 3. The average Bonchev–Trinajstić information content (AvgIpc) is 3.21. The first kappa shape index (κ1) is 26.6. The molecule has 0 saturated carbocycles. The number of guanidine groups is 1. The third-order valence-electron chi connectivity index (χ3n) is 4.63. The second-order valence-electron chi connectivity index (χ2n) is 7.64. The van der Waals surface area contributed by atoms with E-state index >= 15 is 0 Å². The molecule has 1 fully saturated rings. The van der Waals surface area contributed by atoms with Gasteiger partial charge >= 0.3 is 0 Å². The largest absolute Gasteiger partial charge is 0.377 e. The highest BCUT2D eigenvalue weighted by Gasteiger charge is 2.22. The minimum Gasteiger partial charge on any atom is -0.377 e. The minimum absolute atomic E-state index is 0. The predicted octanol–water partition coefficient (Wildman–Crippen LogP) is 2.69. The lowest BCUT2D eigenvalue weighted by molar-refractivity contribution is 0.0200. The van der Waals surface area contributed by atoms with Gasteiger partial charge in [-0.1, -0.05) is 19.9 Å². The van der Waals surface area contributed by atoms with Crippen molar-refractivity contribution in [1.82, 2.24) is 15.4 Å². The van der Waals surface area contributed by atoms with E-state index in [2.05, 4.69) is 45.6 Å². The summed E-state index contributed by atoms with van der Waals surface area (Å²) in [6.07, 6.45) is 3.06. The van der Waals surface area contributed by atoms with Crippen LogP contribution in [0.25, 0.3) is 0 Å². The summed E-state index contributed by atoms with van der Waals surface area (Å²) < 4.78 is 32.7. The Morgan fingerprint density at radius 3 is 2.76 bits per heavy atom. The van der Waals surface area contributed by atoms with E-state index in [-0.39, 0.29) is 41.2 Å². The number of hydrogen-bond acceptors (Lipinski definition) is 5. The van der Waals surface area contributed by atoms with Crippen molar-refractivity contribution >= 4 is 51.3 Å². The molecular weight excluding hydrogens is 523 g/mol. The van der Waals surface area contributed by atoms with Gasteiger partial charge in [0.05, 0.1) is 18.4 Å². The summed E-state index contributed by atoms with van der Waals surface area (Å²) in [7, 11) is -3.34. The fraction of sp³-hybridized carbons (Fsp3) is 0.737. The number of ether oxygens (including phenoxy) is 1. The smallest absolute Gasteiger partial charge is 0.213 e. The van der Waals surface area contributed by atoms with Crippen LogP contribution >= 0.6 is 35.3 Å². The summed E-state index contributed by atoms with van der Waals surface area (Å²) in [6, 6.07) is 4.17. The maximum Gasteiger partial charge on any atom is 0.213 e. The van der Waals surface area contributed by atoms with Crippen molar-refractivity contribution in [3.05, 3.63) is 22.4 Å². The average molecular weight is 559 g/mol. The second-order valence-corrected chi connectivity index (χ2v) is 10.5. The maximum absolute atomic E-state index is 12.2. The first-order valence-electron chi connectivity index (χ1n) is 9.97. The molecule has 168 valence electrons. The summed E-state index contributed by atoms with van der Waals surface area (Å²) in [6.45, 7) is 9.02. The fourth-order valence-electron chi connectivity index (χ4n) is 2.92. The molecule has 0 aliphatic carbocycles. The highest BCUT2D eigenvalue weighted by molar-refractivity contribution is 14.0. The lowest BCUT2D eigenvalue weighted by Gasteiger charge is -2.23. The molecular formula is C19H35IN4O3S2. The second kappa shape index (κ2) is 13.1. The Bertz CT molecular complexity index is 703. The van der Waals surface area contributed by atoms with Crippen molar-refractivity contribution in [2.24, 2.45) is 4.99 Å². The molecule has 0 radical (unpaired) electrons. The van der Waals surface area contributed by atoms with Gasteiger partial charge in [0.15, 0.2) is 5.96 Å². The molecule has 0 spiro atoms. The summed E-state index contributed by atoms with van der Waals surface area (Å²) >= 11 is 1.73. The topological polar surface area (TPSA) is 91.8 Å². The van der Waals surface area contributed by atoms with E-state index < -0.39 is 10.0 Å². The molecule has 1 aliphatic heterocycles. The quantitative estimate of drug-likeness (QED) is 0.234. The van der Waals surface area contributed by atoms with Gasteiger partial charge < -0.3 is 15.4 Å². The van der Waals surface area contributed by atoms with Crippen LogP contribution in [0.3, 0.4) is 0 Å². The van der Waals surface area contributed by atoms with Gasteiger partial charge in [0, 0.05) is 36.5 Å². The van der Waals surface area contributed by atoms with E-state index in [0.29, 0.717) is 25.6 Å². The molecule has 10 heteroatoms. The minimum atomic E-state index is -3.34. The molecule has 2 rings (SSSR count). The third-order valence-corrected chi connectivity index (χ3v) is 7.22. The fourth-order valence-corrected chi connectivity index (χ4v) is 4.72. The van der Waals surface area contributed by atoms with Gasteiger partial charge in [-0.25, -0.2) is 13.1 Å². The van der Waals surface area contributed by atoms with Gasteiger partial charge in [-0.2, -0.15) is 0 Å². The zero-order valence-electron chi connectivity index (χ0n) is 17.6. The van der Waals surface area contributed by atoms with Crippen LogP contribution < -0.4 is 15.4 Å². The predicted molar refractivity (Wildman–Crippen MR) is 132 cm³/mol. The molecule has 3 N–H and O–H groups in total. The first-order chi connectivity index (χ1) is 13.3. The van der Waals surface area contributed by atoms with Gasteiger partial charge in [-0.15, -0.1) is 35.3 Å². The van der Waals surface area contributed by atoms with E-state index in [0.717, 1.165) is 32.4 Å². The Morgan fingerprint density at radius 2 is 2.14 bits per heavy atom. The Labute approximate surface area is 196 Å². The number of halogens is 1. The standard InChI is InChI=1S/C19H34N4O3S2.HI/c1-4-20-18(22-15-19(2,3)17-9-7-12-27-17)21-10-13-28(24,25)23-14-16-8-5-6-11-26-16;/h7,9,12,16,23H,4-6,8,10-11,13-15H2,1-3H3,(H2,20,21,22);1H. The lowest BCUT2D eigenvalue weighted by Crippen LogP contribution is -2.43. The zero-order valence-corrected chi connectivity index (χ0v) is 21.5. The monoisotopic (exact) mass is 558 g/mol. The summed E-state index contributed by atoms with van der Waals surface area (Å²) in [5, 5.41) is 8.37. The van der Waals surface area contributed by atoms with E-state index in [9.17, 15) is 8.42 Å². The molecule has 1 atom stereocenters. The van der Waals surface area contributed by atoms with Gasteiger partial charge in [0.1, 0.15) is 0 Å². The van der Waals surface area contributed by atoms with Crippen LogP contribution in [0.4, 0.5) is 0 Å². The van der Waals surface area contributed by atoms with Gasteiger partial charge in [0.25, 0.3) is 0 Å². The molecule has 7 nitrogen and oxygen atoms in total. The first-order valence-corrected chi connectivity index (χ1v) is 12.5. The molecule has 29 heavy (non-hydrogen) atoms. The van der Waals surface area contributed by atoms with Crippen LogP contribution in [-0.4, -0.2) is 59.0 Å². The maximum atomic E-state index is 12.2. The van der Waals surface area contributed by atoms with Crippen LogP contribution in [0.1, 0.15) is 44.9 Å². The van der Waals surface area contributed by atoms with Crippen molar-refractivity contribution in [2.75, 3.05) is 38.5 Å². The molecule has 1 aromatic heterocycles. The normalized spacial score (nSPS) is 18.2. The van der Waals surface area contributed by atoms with Crippen LogP contribution in [0.2, 0.25) is 0 Å². The Kier molecular flexibility index (Phi) is 12.0. The zero-order chi connectivity index (χ0) is 20.5. The summed E-state index contributed by atoms with van der Waals surface area (Å²) in [4.78, 5) is 5.93. The lowest BCUT2D eigenvalue weighted by atomic mass is 9.92. The number of nitrogens with zero attached hydrogens (tertiary/aromatic N) is 1. The Morgan fingerprint density at radius 1 is 1.34 bits per heavy atom. The van der Waals surface area contributed by atoms with Crippen LogP contribution in [0, 0.1) is 0 Å². The van der Waals surface area contributed by atoms with Gasteiger partial charge in [-0.3, -0.25) is 4.99 Å². The molecule has 0 bridgehead atoms. The molecule has 0 amide bonds. The van der Waals surface area contributed by atoms with Gasteiger partial charge in [-0.05, 0) is 37.6 Å².